The third-order valence-corrected chi connectivity index (χ3v) is 2.54. The van der Waals surface area contributed by atoms with Crippen LogP contribution in [0, 0.1) is 0 Å². The number of ether oxygens (including phenoxy) is 1. The Morgan fingerprint density at radius 2 is 2.12 bits per heavy atom. The third-order valence-electron chi connectivity index (χ3n) is 2.54. The molecule has 0 saturated carbocycles. The van der Waals surface area contributed by atoms with Gasteiger partial charge in [-0.15, -0.1) is 0 Å². The van der Waals surface area contributed by atoms with Gasteiger partial charge >= 0.3 is 0 Å². The van der Waals surface area contributed by atoms with Crippen molar-refractivity contribution >= 4 is 5.69 Å². The van der Waals surface area contributed by atoms with Gasteiger partial charge in [-0.1, -0.05) is 19.9 Å². The summed E-state index contributed by atoms with van der Waals surface area (Å²) in [5.41, 5.74) is 2.29. The highest BCUT2D eigenvalue weighted by Gasteiger charge is 2.06. The summed E-state index contributed by atoms with van der Waals surface area (Å²) in [7, 11) is 1.67. The average Bonchev–Trinajstić information content (AvgIpc) is 2.29. The highest BCUT2D eigenvalue weighted by Crippen LogP contribution is 2.28. The van der Waals surface area contributed by atoms with Crippen molar-refractivity contribution in [2.75, 3.05) is 25.6 Å². The number of hydrogen-bond acceptors (Lipinski definition) is 3. The maximum Gasteiger partial charge on any atom is 0.141 e. The topological polar surface area (TPSA) is 41.5 Å². The predicted octanol–water partition coefficient (Wildman–Crippen LogP) is 2.61. The van der Waals surface area contributed by atoms with E-state index in [4.69, 9.17) is 9.84 Å². The van der Waals surface area contributed by atoms with Crippen molar-refractivity contribution in [2.24, 2.45) is 0 Å². The Labute approximate surface area is 97.4 Å². The van der Waals surface area contributed by atoms with Crippen LogP contribution in [0.5, 0.6) is 5.75 Å². The molecule has 0 spiro atoms. The van der Waals surface area contributed by atoms with Crippen molar-refractivity contribution in [2.45, 2.75) is 26.2 Å². The monoisotopic (exact) mass is 223 g/mol. The molecule has 90 valence electrons. The zero-order chi connectivity index (χ0) is 12.0. The minimum atomic E-state index is 0.208. The van der Waals surface area contributed by atoms with E-state index in [0.717, 1.165) is 24.4 Å². The molecule has 16 heavy (non-hydrogen) atoms. The number of anilines is 1. The van der Waals surface area contributed by atoms with E-state index in [1.165, 1.54) is 5.56 Å². The van der Waals surface area contributed by atoms with Gasteiger partial charge in [0.25, 0.3) is 0 Å². The Morgan fingerprint density at radius 1 is 1.38 bits per heavy atom. The number of benzene rings is 1. The van der Waals surface area contributed by atoms with Gasteiger partial charge in [-0.05, 0) is 30.0 Å². The van der Waals surface area contributed by atoms with Gasteiger partial charge in [0, 0.05) is 13.2 Å². The number of aliphatic hydroxyl groups is 1. The van der Waals surface area contributed by atoms with Gasteiger partial charge in [0.15, 0.2) is 0 Å². The molecule has 0 bridgehead atoms. The summed E-state index contributed by atoms with van der Waals surface area (Å²) in [5.74, 6) is 1.35. The average molecular weight is 223 g/mol. The molecule has 0 aliphatic rings. The second-order valence-electron chi connectivity index (χ2n) is 4.12. The van der Waals surface area contributed by atoms with E-state index in [0.29, 0.717) is 5.92 Å². The van der Waals surface area contributed by atoms with Crippen LogP contribution in [-0.4, -0.2) is 25.4 Å². The predicted molar refractivity (Wildman–Crippen MR) is 67.3 cm³/mol. The Kier molecular flexibility index (Phi) is 5.12. The lowest BCUT2D eigenvalue weighted by molar-refractivity contribution is 0.292. The molecule has 0 aromatic heterocycles. The van der Waals surface area contributed by atoms with Crippen molar-refractivity contribution in [3.05, 3.63) is 23.8 Å². The maximum absolute atomic E-state index is 8.74. The SMILES string of the molecule is COc1ccc(C(C)C)cc1NCCCO. The fourth-order valence-electron chi connectivity index (χ4n) is 1.52. The first-order valence-electron chi connectivity index (χ1n) is 5.71. The summed E-state index contributed by atoms with van der Waals surface area (Å²) < 4.78 is 5.29. The Bertz CT molecular complexity index is 324. The van der Waals surface area contributed by atoms with E-state index in [2.05, 4.69) is 31.3 Å². The summed E-state index contributed by atoms with van der Waals surface area (Å²) in [6.07, 6.45) is 0.745. The van der Waals surface area contributed by atoms with Crippen molar-refractivity contribution < 1.29 is 9.84 Å². The van der Waals surface area contributed by atoms with Gasteiger partial charge in [-0.2, -0.15) is 0 Å². The molecule has 1 aromatic carbocycles. The molecule has 0 unspecified atom stereocenters. The van der Waals surface area contributed by atoms with Crippen LogP contribution in [0.2, 0.25) is 0 Å². The lowest BCUT2D eigenvalue weighted by Crippen LogP contribution is -2.05. The number of aliphatic hydroxyl groups excluding tert-OH is 1. The molecule has 0 atom stereocenters. The van der Waals surface area contributed by atoms with Crippen LogP contribution >= 0.6 is 0 Å². The number of rotatable bonds is 6. The highest BCUT2D eigenvalue weighted by atomic mass is 16.5. The summed E-state index contributed by atoms with van der Waals surface area (Å²) in [5, 5.41) is 12.0. The van der Waals surface area contributed by atoms with Crippen LogP contribution in [-0.2, 0) is 0 Å². The molecule has 1 rings (SSSR count). The second-order valence-corrected chi connectivity index (χ2v) is 4.12. The van der Waals surface area contributed by atoms with Gasteiger partial charge in [0.05, 0.1) is 12.8 Å². The van der Waals surface area contributed by atoms with Crippen molar-refractivity contribution in [1.29, 1.82) is 0 Å². The Balaban J connectivity index is 2.80. The van der Waals surface area contributed by atoms with Gasteiger partial charge in [0.1, 0.15) is 5.75 Å². The van der Waals surface area contributed by atoms with E-state index >= 15 is 0 Å². The number of hydrogen-bond donors (Lipinski definition) is 2. The third kappa shape index (κ3) is 3.42. The van der Waals surface area contributed by atoms with E-state index in [1.807, 2.05) is 6.07 Å². The van der Waals surface area contributed by atoms with Crippen molar-refractivity contribution in [1.82, 2.24) is 0 Å². The molecule has 0 heterocycles. The molecule has 3 heteroatoms. The Hall–Kier alpha value is -1.22. The standard InChI is InChI=1S/C13H21NO2/c1-10(2)11-5-6-13(16-3)12(9-11)14-7-4-8-15/h5-6,9-10,14-15H,4,7-8H2,1-3H3. The van der Waals surface area contributed by atoms with Gasteiger partial charge < -0.3 is 15.2 Å². The van der Waals surface area contributed by atoms with Crippen LogP contribution in [0.15, 0.2) is 18.2 Å². The minimum Gasteiger partial charge on any atom is -0.495 e. The normalized spacial score (nSPS) is 10.6. The van der Waals surface area contributed by atoms with E-state index in [-0.39, 0.29) is 6.61 Å². The molecule has 2 N–H and O–H groups in total. The van der Waals surface area contributed by atoms with Crippen LogP contribution < -0.4 is 10.1 Å². The molecule has 0 saturated heterocycles. The van der Waals surface area contributed by atoms with E-state index < -0.39 is 0 Å². The fourth-order valence-corrected chi connectivity index (χ4v) is 1.52. The van der Waals surface area contributed by atoms with Gasteiger partial charge in [-0.3, -0.25) is 0 Å². The first-order chi connectivity index (χ1) is 7.69. The minimum absolute atomic E-state index is 0.208. The van der Waals surface area contributed by atoms with Gasteiger partial charge in [0.2, 0.25) is 0 Å². The Morgan fingerprint density at radius 3 is 2.69 bits per heavy atom. The van der Waals surface area contributed by atoms with Gasteiger partial charge in [-0.25, -0.2) is 0 Å². The van der Waals surface area contributed by atoms with Crippen LogP contribution in [0.3, 0.4) is 0 Å². The fraction of sp³-hybridized carbons (Fsp3) is 0.538. The van der Waals surface area contributed by atoms with E-state index in [1.54, 1.807) is 7.11 Å². The molecule has 0 fully saturated rings. The smallest absolute Gasteiger partial charge is 0.141 e. The molecule has 1 aromatic rings. The molecule has 0 aliphatic carbocycles. The second kappa shape index (κ2) is 6.38. The molecular weight excluding hydrogens is 202 g/mol. The molecule has 3 nitrogen and oxygen atoms in total. The van der Waals surface area contributed by atoms with Crippen LogP contribution in [0.25, 0.3) is 0 Å². The molecular formula is C13H21NO2. The molecule has 0 aliphatic heterocycles. The van der Waals surface area contributed by atoms with Crippen molar-refractivity contribution in [3.8, 4) is 5.75 Å². The lowest BCUT2D eigenvalue weighted by Gasteiger charge is -2.14. The highest BCUT2D eigenvalue weighted by molar-refractivity contribution is 5.58. The number of nitrogens with one attached hydrogen (secondary N) is 1. The van der Waals surface area contributed by atoms with E-state index in [9.17, 15) is 0 Å². The number of methoxy groups -OCH3 is 1. The molecule has 0 radical (unpaired) electrons. The van der Waals surface area contributed by atoms with Crippen LogP contribution in [0.1, 0.15) is 31.7 Å². The quantitative estimate of drug-likeness (QED) is 0.728. The first-order valence-corrected chi connectivity index (χ1v) is 5.71. The zero-order valence-corrected chi connectivity index (χ0v) is 10.3. The first kappa shape index (κ1) is 12.8. The zero-order valence-electron chi connectivity index (χ0n) is 10.3. The molecule has 0 amide bonds. The lowest BCUT2D eigenvalue weighted by atomic mass is 10.0. The summed E-state index contributed by atoms with van der Waals surface area (Å²) >= 11 is 0. The summed E-state index contributed by atoms with van der Waals surface area (Å²) in [4.78, 5) is 0. The maximum atomic E-state index is 8.74. The van der Waals surface area contributed by atoms with Crippen molar-refractivity contribution in [3.63, 3.8) is 0 Å². The summed E-state index contributed by atoms with van der Waals surface area (Å²) in [6.45, 7) is 5.30. The van der Waals surface area contributed by atoms with Crippen LogP contribution in [0.4, 0.5) is 5.69 Å². The largest absolute Gasteiger partial charge is 0.495 e. The summed E-state index contributed by atoms with van der Waals surface area (Å²) in [6, 6.07) is 6.18.